The predicted molar refractivity (Wildman–Crippen MR) is 145 cm³/mol. The molecule has 0 radical (unpaired) electrons. The molecule has 196 valence electrons. The molecule has 36 heavy (non-hydrogen) atoms. The molecule has 0 aromatic heterocycles. The smallest absolute Gasteiger partial charge is 0.326 e. The Hall–Kier alpha value is -2.99. The summed E-state index contributed by atoms with van der Waals surface area (Å²) in [6, 6.07) is 17.8. The molecule has 2 aromatic rings. The highest BCUT2D eigenvalue weighted by atomic mass is 16.6. The largest absolute Gasteiger partial charge is 0.459 e. The van der Waals surface area contributed by atoms with E-state index in [0.29, 0.717) is 12.8 Å². The second kappa shape index (κ2) is 14.5. The second-order valence-corrected chi connectivity index (χ2v) is 10.2. The Balaban J connectivity index is 0.000000261. The van der Waals surface area contributed by atoms with E-state index in [1.807, 2.05) is 70.2 Å². The Morgan fingerprint density at radius 1 is 1.03 bits per heavy atom. The quantitative estimate of drug-likeness (QED) is 0.471. The van der Waals surface area contributed by atoms with Crippen LogP contribution in [0.5, 0.6) is 0 Å². The molecule has 6 nitrogen and oxygen atoms in total. The number of aryl methyl sites for hydroxylation is 2. The molecule has 1 unspecified atom stereocenters. The van der Waals surface area contributed by atoms with Crippen molar-refractivity contribution >= 4 is 23.3 Å². The van der Waals surface area contributed by atoms with Gasteiger partial charge in [0, 0.05) is 18.5 Å². The van der Waals surface area contributed by atoms with E-state index in [2.05, 4.69) is 12.1 Å². The third kappa shape index (κ3) is 10.3. The van der Waals surface area contributed by atoms with E-state index < -0.39 is 5.60 Å². The van der Waals surface area contributed by atoms with Crippen molar-refractivity contribution in [1.82, 2.24) is 0 Å². The van der Waals surface area contributed by atoms with Gasteiger partial charge in [-0.2, -0.15) is 0 Å². The number of amides is 1. The standard InChI is InChI=1S/C16H21NO3.C14H21NO/c1-16(2,3)20-15(19)11-17-13-9-5-4-7-12(13)8-6-10-14(17)18;1-2-7-14(16)13(15)11-6-10-12-8-4-3-5-9-12/h4-5,7,9H,6,8,10-11H2,1-3H3;3-5,8-9,13H,2,6-7,10-11,15H2,1H3. The molecule has 0 bridgehead atoms. The normalized spacial score (nSPS) is 14.1. The molecule has 0 saturated heterocycles. The molecule has 0 fully saturated rings. The van der Waals surface area contributed by atoms with Gasteiger partial charge in [-0.15, -0.1) is 0 Å². The Bertz CT molecular complexity index is 982. The molecule has 1 aliphatic heterocycles. The average Bonchev–Trinajstić information content (AvgIpc) is 2.98. The van der Waals surface area contributed by atoms with Crippen LogP contribution in [0.25, 0.3) is 0 Å². The van der Waals surface area contributed by atoms with Crippen LogP contribution in [0.4, 0.5) is 5.69 Å². The summed E-state index contributed by atoms with van der Waals surface area (Å²) in [7, 11) is 0. The third-order valence-corrected chi connectivity index (χ3v) is 5.86. The van der Waals surface area contributed by atoms with Crippen LogP contribution in [0.1, 0.15) is 77.3 Å². The number of nitrogens with two attached hydrogens (primary N) is 1. The highest BCUT2D eigenvalue weighted by Crippen LogP contribution is 2.26. The zero-order valence-corrected chi connectivity index (χ0v) is 22.3. The SMILES string of the molecule is CC(C)(C)OC(=O)CN1C(=O)CCCc2ccccc21.CCCC(=O)C(N)CCCc1ccccc1. The molecule has 3 rings (SSSR count). The van der Waals surface area contributed by atoms with Gasteiger partial charge in [-0.1, -0.05) is 55.5 Å². The number of para-hydroxylation sites is 1. The molecule has 0 saturated carbocycles. The molecule has 2 aromatic carbocycles. The van der Waals surface area contributed by atoms with Crippen molar-refractivity contribution < 1.29 is 19.1 Å². The van der Waals surface area contributed by atoms with E-state index in [4.69, 9.17) is 10.5 Å². The van der Waals surface area contributed by atoms with Crippen LogP contribution in [0.15, 0.2) is 54.6 Å². The number of ketones is 1. The van der Waals surface area contributed by atoms with Crippen LogP contribution in [0.3, 0.4) is 0 Å². The Morgan fingerprint density at radius 3 is 2.36 bits per heavy atom. The van der Waals surface area contributed by atoms with Crippen molar-refractivity contribution in [2.45, 2.75) is 90.7 Å². The van der Waals surface area contributed by atoms with Crippen LogP contribution in [0.2, 0.25) is 0 Å². The van der Waals surface area contributed by atoms with Crippen LogP contribution in [-0.2, 0) is 32.0 Å². The number of esters is 1. The lowest BCUT2D eigenvalue weighted by Gasteiger charge is -2.25. The summed E-state index contributed by atoms with van der Waals surface area (Å²) in [6.07, 6.45) is 6.46. The number of Topliss-reactive ketones (excluding diaryl/α,β-unsaturated/α-hetero) is 1. The molecule has 1 amide bonds. The maximum Gasteiger partial charge on any atom is 0.326 e. The van der Waals surface area contributed by atoms with Crippen molar-refractivity contribution in [2.75, 3.05) is 11.4 Å². The lowest BCUT2D eigenvalue weighted by atomic mass is 10.0. The van der Waals surface area contributed by atoms with Crippen molar-refractivity contribution in [3.05, 3.63) is 65.7 Å². The second-order valence-electron chi connectivity index (χ2n) is 10.2. The number of benzene rings is 2. The first kappa shape index (κ1) is 29.2. The average molecular weight is 495 g/mol. The minimum atomic E-state index is -0.536. The summed E-state index contributed by atoms with van der Waals surface area (Å²) < 4.78 is 5.31. The number of hydrogen-bond acceptors (Lipinski definition) is 5. The molecule has 1 atom stereocenters. The fourth-order valence-electron chi connectivity index (χ4n) is 4.12. The first-order valence-corrected chi connectivity index (χ1v) is 13.0. The number of hydrogen-bond donors (Lipinski definition) is 1. The fraction of sp³-hybridized carbons (Fsp3) is 0.500. The van der Waals surface area contributed by atoms with Crippen molar-refractivity contribution in [3.63, 3.8) is 0 Å². The zero-order chi connectivity index (χ0) is 26.6. The Morgan fingerprint density at radius 2 is 1.69 bits per heavy atom. The monoisotopic (exact) mass is 494 g/mol. The van der Waals surface area contributed by atoms with Gasteiger partial charge in [0.2, 0.25) is 5.91 Å². The van der Waals surface area contributed by atoms with E-state index in [1.165, 1.54) is 5.56 Å². The van der Waals surface area contributed by atoms with E-state index in [1.54, 1.807) is 4.90 Å². The Labute approximate surface area is 216 Å². The van der Waals surface area contributed by atoms with Gasteiger partial charge in [0.15, 0.2) is 0 Å². The summed E-state index contributed by atoms with van der Waals surface area (Å²) in [6.45, 7) is 7.46. The van der Waals surface area contributed by atoms with Crippen LogP contribution >= 0.6 is 0 Å². The van der Waals surface area contributed by atoms with Crippen molar-refractivity contribution in [3.8, 4) is 0 Å². The number of nitrogens with zero attached hydrogens (tertiary/aromatic N) is 1. The van der Waals surface area contributed by atoms with E-state index >= 15 is 0 Å². The van der Waals surface area contributed by atoms with Gasteiger partial charge < -0.3 is 15.4 Å². The van der Waals surface area contributed by atoms with Crippen molar-refractivity contribution in [1.29, 1.82) is 0 Å². The Kier molecular flexibility index (Phi) is 11.8. The molecule has 0 spiro atoms. The number of fused-ring (bicyclic) bond motifs is 1. The van der Waals surface area contributed by atoms with Gasteiger partial charge in [0.25, 0.3) is 0 Å². The molecule has 1 aliphatic rings. The number of rotatable bonds is 9. The van der Waals surface area contributed by atoms with Gasteiger partial charge in [0.1, 0.15) is 17.9 Å². The number of anilines is 1. The summed E-state index contributed by atoms with van der Waals surface area (Å²) in [5.74, 6) is -0.182. The summed E-state index contributed by atoms with van der Waals surface area (Å²) in [4.78, 5) is 37.2. The summed E-state index contributed by atoms with van der Waals surface area (Å²) in [5.41, 5.74) is 8.55. The highest BCUT2D eigenvalue weighted by molar-refractivity contribution is 5.98. The first-order chi connectivity index (χ1) is 17.1. The minimum Gasteiger partial charge on any atom is -0.459 e. The molecule has 2 N–H and O–H groups in total. The van der Waals surface area contributed by atoms with Crippen LogP contribution in [-0.4, -0.2) is 35.8 Å². The maximum absolute atomic E-state index is 12.2. The lowest BCUT2D eigenvalue weighted by Crippen LogP contribution is -2.38. The van der Waals surface area contributed by atoms with Crippen LogP contribution < -0.4 is 10.6 Å². The fourth-order valence-corrected chi connectivity index (χ4v) is 4.12. The zero-order valence-electron chi connectivity index (χ0n) is 22.3. The highest BCUT2D eigenvalue weighted by Gasteiger charge is 2.26. The molecule has 0 aliphatic carbocycles. The number of carbonyl (C=O) groups is 3. The van der Waals surface area contributed by atoms with E-state index in [-0.39, 0.29) is 30.2 Å². The van der Waals surface area contributed by atoms with Gasteiger partial charge >= 0.3 is 5.97 Å². The summed E-state index contributed by atoms with van der Waals surface area (Å²) >= 11 is 0. The number of ether oxygens (including phenoxy) is 1. The topological polar surface area (TPSA) is 89.7 Å². The minimum absolute atomic E-state index is 0.0131. The first-order valence-electron chi connectivity index (χ1n) is 13.0. The van der Waals surface area contributed by atoms with Gasteiger partial charge in [0.05, 0.1) is 6.04 Å². The third-order valence-electron chi connectivity index (χ3n) is 5.86. The molecular formula is C30H42N2O4. The van der Waals surface area contributed by atoms with Gasteiger partial charge in [-0.25, -0.2) is 0 Å². The van der Waals surface area contributed by atoms with Gasteiger partial charge in [-0.05, 0) is 76.5 Å². The number of carbonyl (C=O) groups excluding carboxylic acids is 3. The van der Waals surface area contributed by atoms with Crippen LogP contribution in [0, 0.1) is 0 Å². The van der Waals surface area contributed by atoms with E-state index in [9.17, 15) is 14.4 Å². The molecule has 1 heterocycles. The molecule has 6 heteroatoms. The van der Waals surface area contributed by atoms with Crippen molar-refractivity contribution in [2.24, 2.45) is 5.73 Å². The predicted octanol–water partition coefficient (Wildman–Crippen LogP) is 5.40. The summed E-state index contributed by atoms with van der Waals surface area (Å²) in [5, 5.41) is 0. The maximum atomic E-state index is 12.2. The van der Waals surface area contributed by atoms with E-state index in [0.717, 1.165) is 49.8 Å². The van der Waals surface area contributed by atoms with Gasteiger partial charge in [-0.3, -0.25) is 14.4 Å². The molecular weight excluding hydrogens is 452 g/mol. The lowest BCUT2D eigenvalue weighted by molar-refractivity contribution is -0.153.